The molecule has 5 heteroatoms. The lowest BCUT2D eigenvalue weighted by Crippen LogP contribution is -2.44. The summed E-state index contributed by atoms with van der Waals surface area (Å²) in [6, 6.07) is 0. The van der Waals surface area contributed by atoms with Crippen LogP contribution in [0.4, 0.5) is 22.0 Å². The smallest absolute Gasteiger partial charge is 0.196 e. The first-order valence-electron chi connectivity index (χ1n) is 12.7. The molecule has 0 aromatic heterocycles. The molecule has 0 unspecified atom stereocenters. The Labute approximate surface area is 185 Å². The van der Waals surface area contributed by atoms with Crippen LogP contribution in [0.1, 0.15) is 103 Å². The summed E-state index contributed by atoms with van der Waals surface area (Å²) in [7, 11) is 0. The predicted octanol–water partition coefficient (Wildman–Crippen LogP) is 8.80. The molecule has 178 valence electrons. The second kappa shape index (κ2) is 10.9. The largest absolute Gasteiger partial charge is 0.453 e. The fourth-order valence-corrected chi connectivity index (χ4v) is 6.24. The van der Waals surface area contributed by atoms with Crippen molar-refractivity contribution in [2.75, 3.05) is 0 Å². The Balaban J connectivity index is 1.37. The number of unbranched alkanes of at least 4 members (excludes halogenated alkanes) is 1. The Hall–Kier alpha value is -0.790. The van der Waals surface area contributed by atoms with Crippen molar-refractivity contribution >= 4 is 0 Å². The molecule has 0 spiro atoms. The van der Waals surface area contributed by atoms with E-state index in [0.29, 0.717) is 18.8 Å². The van der Waals surface area contributed by atoms with Crippen LogP contribution in [0.25, 0.3) is 0 Å². The second-order valence-electron chi connectivity index (χ2n) is 10.5. The summed E-state index contributed by atoms with van der Waals surface area (Å²) in [6.07, 6.45) is 9.50. The number of halogens is 5. The van der Waals surface area contributed by atoms with Crippen molar-refractivity contribution in [2.24, 2.45) is 35.5 Å². The Morgan fingerprint density at radius 2 is 1.10 bits per heavy atom. The van der Waals surface area contributed by atoms with Gasteiger partial charge in [-0.2, -0.15) is 22.0 Å². The summed E-state index contributed by atoms with van der Waals surface area (Å²) in [5.74, 6) is 3.50. The van der Waals surface area contributed by atoms with E-state index in [0.717, 1.165) is 30.6 Å². The van der Waals surface area contributed by atoms with Crippen molar-refractivity contribution in [3.05, 3.63) is 0 Å². The molecule has 3 aliphatic rings. The first-order valence-corrected chi connectivity index (χ1v) is 12.7. The van der Waals surface area contributed by atoms with E-state index in [4.69, 9.17) is 0 Å². The van der Waals surface area contributed by atoms with Gasteiger partial charge in [0, 0.05) is 17.8 Å². The maximum absolute atomic E-state index is 13.5. The minimum Gasteiger partial charge on any atom is -0.196 e. The van der Waals surface area contributed by atoms with Gasteiger partial charge in [-0.05, 0) is 82.0 Å². The molecule has 0 N–H and O–H groups in total. The number of rotatable bonds is 5. The van der Waals surface area contributed by atoms with E-state index < -0.39 is 18.0 Å². The molecule has 0 nitrogen and oxygen atoms in total. The topological polar surface area (TPSA) is 0 Å². The van der Waals surface area contributed by atoms with Gasteiger partial charge in [0.15, 0.2) is 0 Å². The van der Waals surface area contributed by atoms with Crippen LogP contribution in [0.5, 0.6) is 0 Å². The highest BCUT2D eigenvalue weighted by Crippen LogP contribution is 2.47. The molecule has 0 saturated heterocycles. The fourth-order valence-electron chi connectivity index (χ4n) is 6.24. The van der Waals surface area contributed by atoms with Gasteiger partial charge in [0.05, 0.1) is 0 Å². The standard InChI is InChI=1S/C26H39F5/c1-2-3-4-19-7-13-22(14-8-19)23-15-9-20(10-16-23)5-6-21-11-17-24(18-12-21)25(27,28)26(29,30)31/h19-24H,2-4,7-18H2,1H3. The van der Waals surface area contributed by atoms with Crippen molar-refractivity contribution in [1.82, 2.24) is 0 Å². The van der Waals surface area contributed by atoms with E-state index >= 15 is 0 Å². The second-order valence-corrected chi connectivity index (χ2v) is 10.5. The minimum atomic E-state index is -5.44. The van der Waals surface area contributed by atoms with E-state index in [1.54, 1.807) is 0 Å². The average molecular weight is 447 g/mol. The minimum absolute atomic E-state index is 0.0172. The molecule has 0 aromatic rings. The van der Waals surface area contributed by atoms with Crippen LogP contribution in [0.15, 0.2) is 0 Å². The maximum Gasteiger partial charge on any atom is 0.453 e. The SMILES string of the molecule is CCCCC1CCC(C2CCC(C#CC3CCC(C(F)(F)C(F)(F)F)CC3)CC2)CC1. The van der Waals surface area contributed by atoms with Crippen molar-refractivity contribution in [3.63, 3.8) is 0 Å². The first-order chi connectivity index (χ1) is 14.7. The van der Waals surface area contributed by atoms with Gasteiger partial charge >= 0.3 is 12.1 Å². The van der Waals surface area contributed by atoms with Crippen LogP contribution < -0.4 is 0 Å². The van der Waals surface area contributed by atoms with E-state index in [-0.39, 0.29) is 18.8 Å². The molecule has 0 radical (unpaired) electrons. The normalized spacial score (nSPS) is 35.3. The molecule has 31 heavy (non-hydrogen) atoms. The highest BCUT2D eigenvalue weighted by molar-refractivity contribution is 5.09. The Kier molecular flexibility index (Phi) is 8.72. The molecule has 0 atom stereocenters. The van der Waals surface area contributed by atoms with Gasteiger partial charge in [0.2, 0.25) is 0 Å². The summed E-state index contributed by atoms with van der Waals surface area (Å²) < 4.78 is 64.7. The lowest BCUT2D eigenvalue weighted by molar-refractivity contribution is -0.305. The Morgan fingerprint density at radius 3 is 1.55 bits per heavy atom. The highest BCUT2D eigenvalue weighted by atomic mass is 19.4. The van der Waals surface area contributed by atoms with E-state index in [2.05, 4.69) is 18.8 Å². The summed E-state index contributed by atoms with van der Waals surface area (Å²) in [6.45, 7) is 2.27. The summed E-state index contributed by atoms with van der Waals surface area (Å²) in [4.78, 5) is 0. The van der Waals surface area contributed by atoms with Crippen molar-refractivity contribution in [3.8, 4) is 11.8 Å². The maximum atomic E-state index is 13.5. The number of hydrogen-bond acceptors (Lipinski definition) is 0. The third-order valence-corrected chi connectivity index (χ3v) is 8.41. The fraction of sp³-hybridized carbons (Fsp3) is 0.923. The molecule has 3 aliphatic carbocycles. The van der Waals surface area contributed by atoms with E-state index in [1.807, 2.05) is 0 Å². The lowest BCUT2D eigenvalue weighted by Gasteiger charge is -2.37. The van der Waals surface area contributed by atoms with Gasteiger partial charge in [-0.3, -0.25) is 0 Å². The summed E-state index contributed by atoms with van der Waals surface area (Å²) in [5, 5.41) is 0. The van der Waals surface area contributed by atoms with Gasteiger partial charge < -0.3 is 0 Å². The van der Waals surface area contributed by atoms with Crippen LogP contribution in [-0.4, -0.2) is 12.1 Å². The molecule has 3 saturated carbocycles. The van der Waals surface area contributed by atoms with Gasteiger partial charge in [-0.25, -0.2) is 0 Å². The lowest BCUT2D eigenvalue weighted by atomic mass is 9.68. The van der Waals surface area contributed by atoms with Crippen LogP contribution >= 0.6 is 0 Å². The zero-order valence-corrected chi connectivity index (χ0v) is 19.0. The zero-order valence-electron chi connectivity index (χ0n) is 19.0. The summed E-state index contributed by atoms with van der Waals surface area (Å²) >= 11 is 0. The van der Waals surface area contributed by atoms with Gasteiger partial charge in [-0.1, -0.05) is 50.9 Å². The Bertz CT molecular complexity index is 590. The molecule has 3 fully saturated rings. The molecule has 0 amide bonds. The molecular weight excluding hydrogens is 407 g/mol. The van der Waals surface area contributed by atoms with Crippen LogP contribution in [-0.2, 0) is 0 Å². The molecular formula is C26H39F5. The molecule has 0 bridgehead atoms. The van der Waals surface area contributed by atoms with Gasteiger partial charge in [0.1, 0.15) is 0 Å². The number of hydrogen-bond donors (Lipinski definition) is 0. The van der Waals surface area contributed by atoms with Crippen molar-refractivity contribution in [2.45, 2.75) is 115 Å². The van der Waals surface area contributed by atoms with Crippen molar-refractivity contribution < 1.29 is 22.0 Å². The van der Waals surface area contributed by atoms with Crippen molar-refractivity contribution in [1.29, 1.82) is 0 Å². The molecule has 0 aliphatic heterocycles. The third-order valence-electron chi connectivity index (χ3n) is 8.41. The highest BCUT2D eigenvalue weighted by Gasteiger charge is 2.62. The molecule has 3 rings (SSSR count). The predicted molar refractivity (Wildman–Crippen MR) is 115 cm³/mol. The van der Waals surface area contributed by atoms with E-state index in [9.17, 15) is 22.0 Å². The molecule has 0 aromatic carbocycles. The summed E-state index contributed by atoms with van der Waals surface area (Å²) in [5.41, 5.74) is 0. The van der Waals surface area contributed by atoms with Crippen LogP contribution in [0, 0.1) is 47.3 Å². The first kappa shape index (κ1) is 24.8. The third kappa shape index (κ3) is 6.61. The quantitative estimate of drug-likeness (QED) is 0.292. The zero-order chi connectivity index (χ0) is 22.5. The van der Waals surface area contributed by atoms with Gasteiger partial charge in [-0.15, -0.1) is 0 Å². The van der Waals surface area contributed by atoms with Gasteiger partial charge in [0.25, 0.3) is 0 Å². The molecule has 0 heterocycles. The average Bonchev–Trinajstić information content (AvgIpc) is 2.76. The Morgan fingerprint density at radius 1 is 0.645 bits per heavy atom. The van der Waals surface area contributed by atoms with E-state index in [1.165, 1.54) is 57.8 Å². The van der Waals surface area contributed by atoms with Crippen LogP contribution in [0.3, 0.4) is 0 Å². The van der Waals surface area contributed by atoms with Crippen LogP contribution in [0.2, 0.25) is 0 Å². The number of alkyl halides is 5. The monoisotopic (exact) mass is 446 g/mol.